The summed E-state index contributed by atoms with van der Waals surface area (Å²) in [6, 6.07) is 0. The molecule has 0 aliphatic rings. The lowest BCUT2D eigenvalue weighted by Gasteiger charge is -1.95. The molecule has 6 heteroatoms. The van der Waals surface area contributed by atoms with Gasteiger partial charge in [0.15, 0.2) is 0 Å². The van der Waals surface area contributed by atoms with Crippen molar-refractivity contribution < 1.29 is 9.21 Å². The lowest BCUT2D eigenvalue weighted by molar-refractivity contribution is 0.109. The van der Waals surface area contributed by atoms with Crippen molar-refractivity contribution in [3.8, 4) is 11.6 Å². The van der Waals surface area contributed by atoms with Crippen molar-refractivity contribution in [2.45, 2.75) is 6.92 Å². The van der Waals surface area contributed by atoms with Gasteiger partial charge in [0.1, 0.15) is 5.69 Å². The molecule has 0 saturated carbocycles. The SMILES string of the molecule is Cc1cnn(C)c1-c1nnc(C=O)o1. The van der Waals surface area contributed by atoms with Gasteiger partial charge in [0.05, 0.1) is 6.20 Å². The first-order chi connectivity index (χ1) is 6.72. The third kappa shape index (κ3) is 1.20. The van der Waals surface area contributed by atoms with Crippen LogP contribution in [0.1, 0.15) is 16.2 Å². The topological polar surface area (TPSA) is 73.8 Å². The van der Waals surface area contributed by atoms with Crippen LogP contribution in [0.25, 0.3) is 11.6 Å². The average Bonchev–Trinajstić information content (AvgIpc) is 2.73. The molecular formula is C8H8N4O2. The van der Waals surface area contributed by atoms with Crippen molar-refractivity contribution in [3.05, 3.63) is 17.7 Å². The van der Waals surface area contributed by atoms with Crippen molar-refractivity contribution in [3.63, 3.8) is 0 Å². The van der Waals surface area contributed by atoms with Crippen LogP contribution in [0.4, 0.5) is 0 Å². The molecule has 0 bridgehead atoms. The summed E-state index contributed by atoms with van der Waals surface area (Å²) in [7, 11) is 1.77. The number of carbonyl (C=O) groups is 1. The highest BCUT2D eigenvalue weighted by atomic mass is 16.4. The number of carbonyl (C=O) groups excluding carboxylic acids is 1. The third-order valence-corrected chi connectivity index (χ3v) is 1.87. The maximum absolute atomic E-state index is 10.3. The van der Waals surface area contributed by atoms with E-state index in [-0.39, 0.29) is 5.89 Å². The number of hydrogen-bond donors (Lipinski definition) is 0. The third-order valence-electron chi connectivity index (χ3n) is 1.87. The molecule has 6 nitrogen and oxygen atoms in total. The molecule has 2 rings (SSSR count). The Morgan fingerprint density at radius 3 is 2.79 bits per heavy atom. The minimum absolute atomic E-state index is 0.0272. The van der Waals surface area contributed by atoms with Gasteiger partial charge >= 0.3 is 0 Å². The molecule has 0 aliphatic heterocycles. The molecule has 14 heavy (non-hydrogen) atoms. The van der Waals surface area contributed by atoms with Crippen LogP contribution in [0.3, 0.4) is 0 Å². The molecule has 72 valence electrons. The molecule has 0 atom stereocenters. The van der Waals surface area contributed by atoms with E-state index in [1.54, 1.807) is 17.9 Å². The normalized spacial score (nSPS) is 10.4. The van der Waals surface area contributed by atoms with Gasteiger partial charge in [-0.3, -0.25) is 9.48 Å². The molecule has 0 N–H and O–H groups in total. The molecule has 2 aromatic rings. The molecular weight excluding hydrogens is 184 g/mol. The van der Waals surface area contributed by atoms with Crippen LogP contribution in [0.15, 0.2) is 10.6 Å². The largest absolute Gasteiger partial charge is 0.412 e. The van der Waals surface area contributed by atoms with Gasteiger partial charge in [-0.25, -0.2) is 0 Å². The minimum atomic E-state index is -0.0272. The van der Waals surface area contributed by atoms with Crippen molar-refractivity contribution in [1.29, 1.82) is 0 Å². The van der Waals surface area contributed by atoms with E-state index >= 15 is 0 Å². The lowest BCUT2D eigenvalue weighted by atomic mass is 10.3. The van der Waals surface area contributed by atoms with Gasteiger partial charge in [0.25, 0.3) is 11.8 Å². The van der Waals surface area contributed by atoms with E-state index in [1.165, 1.54) is 0 Å². The first-order valence-electron chi connectivity index (χ1n) is 4.00. The Morgan fingerprint density at radius 2 is 2.29 bits per heavy atom. The van der Waals surface area contributed by atoms with Gasteiger partial charge in [-0.2, -0.15) is 5.10 Å². The van der Waals surface area contributed by atoms with E-state index in [1.807, 2.05) is 6.92 Å². The number of aromatic nitrogens is 4. The second-order valence-electron chi connectivity index (χ2n) is 2.86. The second kappa shape index (κ2) is 3.06. The van der Waals surface area contributed by atoms with E-state index in [0.29, 0.717) is 12.2 Å². The molecule has 0 spiro atoms. The average molecular weight is 192 g/mol. The standard InChI is InChI=1S/C8H8N4O2/c1-5-3-9-12(2)7(5)8-11-10-6(4-13)14-8/h3-4H,1-2H3. The Balaban J connectivity index is 2.53. The van der Waals surface area contributed by atoms with Crippen molar-refractivity contribution in [1.82, 2.24) is 20.0 Å². The van der Waals surface area contributed by atoms with Crippen LogP contribution in [0.2, 0.25) is 0 Å². The molecule has 0 aliphatic carbocycles. The van der Waals surface area contributed by atoms with E-state index in [9.17, 15) is 4.79 Å². The van der Waals surface area contributed by atoms with Gasteiger partial charge in [-0.05, 0) is 12.5 Å². The molecule has 0 amide bonds. The summed E-state index contributed by atoms with van der Waals surface area (Å²) in [6.45, 7) is 1.88. The predicted octanol–water partition coefficient (Wildman–Crippen LogP) is 0.591. The zero-order valence-electron chi connectivity index (χ0n) is 7.76. The summed E-state index contributed by atoms with van der Waals surface area (Å²) in [6.07, 6.45) is 2.21. The summed E-state index contributed by atoms with van der Waals surface area (Å²) in [5, 5.41) is 11.3. The first-order valence-corrected chi connectivity index (χ1v) is 4.00. The van der Waals surface area contributed by atoms with Crippen molar-refractivity contribution in [2.24, 2.45) is 7.05 Å². The van der Waals surface area contributed by atoms with E-state index in [2.05, 4.69) is 15.3 Å². The highest BCUT2D eigenvalue weighted by Crippen LogP contribution is 2.20. The quantitative estimate of drug-likeness (QED) is 0.651. The zero-order valence-corrected chi connectivity index (χ0v) is 7.76. The first kappa shape index (κ1) is 8.61. The van der Waals surface area contributed by atoms with Gasteiger partial charge in [-0.1, -0.05) is 0 Å². The van der Waals surface area contributed by atoms with Crippen molar-refractivity contribution >= 4 is 6.29 Å². The fraction of sp³-hybridized carbons (Fsp3) is 0.250. The lowest BCUT2D eigenvalue weighted by Crippen LogP contribution is -1.94. The summed E-state index contributed by atoms with van der Waals surface area (Å²) >= 11 is 0. The van der Waals surface area contributed by atoms with Crippen LogP contribution in [-0.2, 0) is 7.05 Å². The van der Waals surface area contributed by atoms with Crippen molar-refractivity contribution in [2.75, 3.05) is 0 Å². The predicted molar refractivity (Wildman–Crippen MR) is 46.6 cm³/mol. The van der Waals surface area contributed by atoms with Gasteiger partial charge in [0.2, 0.25) is 6.29 Å². The number of nitrogens with zero attached hydrogens (tertiary/aromatic N) is 4. The second-order valence-corrected chi connectivity index (χ2v) is 2.86. The maximum atomic E-state index is 10.3. The van der Waals surface area contributed by atoms with Gasteiger partial charge in [-0.15, -0.1) is 10.2 Å². The molecule has 0 aromatic carbocycles. The molecule has 0 fully saturated rings. The molecule has 0 saturated heterocycles. The minimum Gasteiger partial charge on any atom is -0.412 e. The van der Waals surface area contributed by atoms with E-state index in [0.717, 1.165) is 11.3 Å². The van der Waals surface area contributed by atoms with Crippen LogP contribution in [0.5, 0.6) is 0 Å². The Labute approximate surface area is 79.6 Å². The van der Waals surface area contributed by atoms with Crippen LogP contribution >= 0.6 is 0 Å². The van der Waals surface area contributed by atoms with Crippen LogP contribution < -0.4 is 0 Å². The maximum Gasteiger partial charge on any atom is 0.281 e. The Hall–Kier alpha value is -1.98. The summed E-state index contributed by atoms with van der Waals surface area (Å²) < 4.78 is 6.71. The highest BCUT2D eigenvalue weighted by molar-refractivity contribution is 5.68. The van der Waals surface area contributed by atoms with Crippen LogP contribution in [-0.4, -0.2) is 26.3 Å². The smallest absolute Gasteiger partial charge is 0.281 e. The number of aryl methyl sites for hydroxylation is 2. The highest BCUT2D eigenvalue weighted by Gasteiger charge is 2.14. The molecule has 0 unspecified atom stereocenters. The van der Waals surface area contributed by atoms with E-state index < -0.39 is 0 Å². The Kier molecular flexibility index (Phi) is 1.88. The summed E-state index contributed by atoms with van der Waals surface area (Å²) in [5.41, 5.74) is 1.65. The summed E-state index contributed by atoms with van der Waals surface area (Å²) in [4.78, 5) is 10.3. The fourth-order valence-corrected chi connectivity index (χ4v) is 1.23. The van der Waals surface area contributed by atoms with Gasteiger partial charge < -0.3 is 4.42 Å². The molecule has 0 radical (unpaired) electrons. The van der Waals surface area contributed by atoms with E-state index in [4.69, 9.17) is 4.42 Å². The number of hydrogen-bond acceptors (Lipinski definition) is 5. The Bertz CT molecular complexity index is 452. The van der Waals surface area contributed by atoms with Gasteiger partial charge in [0, 0.05) is 7.05 Å². The zero-order chi connectivity index (χ0) is 10.1. The molecule has 2 aromatic heterocycles. The Morgan fingerprint density at radius 1 is 1.50 bits per heavy atom. The monoisotopic (exact) mass is 192 g/mol. The summed E-state index contributed by atoms with van der Waals surface area (Å²) in [5.74, 6) is 0.283. The molecule has 2 heterocycles. The fourth-order valence-electron chi connectivity index (χ4n) is 1.23. The van der Waals surface area contributed by atoms with Crippen LogP contribution in [0, 0.1) is 6.92 Å². The number of aldehydes is 1. The number of rotatable bonds is 2.